The summed E-state index contributed by atoms with van der Waals surface area (Å²) < 4.78 is 16.2. The number of aliphatic imine (C=N–C) groups is 1. The predicted octanol–water partition coefficient (Wildman–Crippen LogP) is 2.29. The second-order valence-electron chi connectivity index (χ2n) is 4.41. The third-order valence-corrected chi connectivity index (χ3v) is 3.05. The average Bonchev–Trinajstić information content (AvgIpc) is 2.81. The maximum absolute atomic E-state index is 14.5. The molecule has 2 aromatic heterocycles. The highest BCUT2D eigenvalue weighted by molar-refractivity contribution is 6.13. The van der Waals surface area contributed by atoms with Crippen LogP contribution < -0.4 is 0 Å². The first-order valence-electron chi connectivity index (χ1n) is 6.18. The minimum atomic E-state index is -0.285. The van der Waals surface area contributed by atoms with Crippen molar-refractivity contribution in [3.8, 4) is 0 Å². The zero-order valence-corrected chi connectivity index (χ0v) is 11.6. The molecule has 0 saturated heterocycles. The quantitative estimate of drug-likeness (QED) is 0.795. The third kappa shape index (κ3) is 2.41. The van der Waals surface area contributed by atoms with E-state index in [1.165, 1.54) is 0 Å². The number of aromatic nitrogens is 3. The van der Waals surface area contributed by atoms with Crippen LogP contribution in [-0.4, -0.2) is 27.5 Å². The standard InChI is InChI=1S/C14H17FN4/c1-5-11-13(15)12(9(2)6-17-11)14(16-3)10-7-18-19(4)8-10/h6-8H,5H2,1-4H3/b16-14-. The van der Waals surface area contributed by atoms with Crippen molar-refractivity contribution in [1.82, 2.24) is 14.8 Å². The fourth-order valence-corrected chi connectivity index (χ4v) is 2.08. The zero-order valence-electron chi connectivity index (χ0n) is 11.6. The number of pyridine rings is 1. The van der Waals surface area contributed by atoms with E-state index in [0.717, 1.165) is 11.1 Å². The van der Waals surface area contributed by atoms with Crippen molar-refractivity contribution in [2.75, 3.05) is 7.05 Å². The number of hydrogen-bond donors (Lipinski definition) is 0. The Morgan fingerprint density at radius 3 is 2.68 bits per heavy atom. The first-order valence-corrected chi connectivity index (χ1v) is 6.18. The highest BCUT2D eigenvalue weighted by Crippen LogP contribution is 2.20. The van der Waals surface area contributed by atoms with Crippen molar-refractivity contribution in [3.63, 3.8) is 0 Å². The summed E-state index contributed by atoms with van der Waals surface area (Å²) in [7, 11) is 3.48. The number of rotatable bonds is 3. The Kier molecular flexibility index (Phi) is 3.74. The Hall–Kier alpha value is -2.04. The largest absolute Gasteiger partial charge is 0.287 e. The van der Waals surface area contributed by atoms with Crippen LogP contribution >= 0.6 is 0 Å². The molecule has 0 N–H and O–H groups in total. The van der Waals surface area contributed by atoms with Crippen LogP contribution in [0, 0.1) is 12.7 Å². The molecule has 0 saturated carbocycles. The van der Waals surface area contributed by atoms with Crippen LogP contribution in [0.15, 0.2) is 23.6 Å². The zero-order chi connectivity index (χ0) is 14.0. The number of nitrogens with zero attached hydrogens (tertiary/aromatic N) is 4. The minimum absolute atomic E-state index is 0.285. The second kappa shape index (κ2) is 5.30. The van der Waals surface area contributed by atoms with Gasteiger partial charge in [-0.2, -0.15) is 5.10 Å². The van der Waals surface area contributed by atoms with Crippen LogP contribution in [0.1, 0.15) is 29.3 Å². The first kappa shape index (κ1) is 13.4. The van der Waals surface area contributed by atoms with Crippen LogP contribution in [0.2, 0.25) is 0 Å². The SMILES string of the molecule is CCc1ncc(C)c(/C(=N\C)c2cnn(C)c2)c1F. The molecule has 0 amide bonds. The summed E-state index contributed by atoms with van der Waals surface area (Å²) in [4.78, 5) is 8.36. The molecular formula is C14H17FN4. The lowest BCUT2D eigenvalue weighted by Crippen LogP contribution is -2.11. The fourth-order valence-electron chi connectivity index (χ4n) is 2.08. The molecule has 19 heavy (non-hydrogen) atoms. The molecular weight excluding hydrogens is 243 g/mol. The number of aryl methyl sites for hydroxylation is 3. The van der Waals surface area contributed by atoms with Gasteiger partial charge < -0.3 is 0 Å². The predicted molar refractivity (Wildman–Crippen MR) is 73.1 cm³/mol. The highest BCUT2D eigenvalue weighted by Gasteiger charge is 2.18. The highest BCUT2D eigenvalue weighted by atomic mass is 19.1. The van der Waals surface area contributed by atoms with Crippen molar-refractivity contribution in [2.24, 2.45) is 12.0 Å². The molecule has 0 atom stereocenters. The number of halogens is 1. The van der Waals surface area contributed by atoms with Gasteiger partial charge in [0.15, 0.2) is 5.82 Å². The lowest BCUT2D eigenvalue weighted by molar-refractivity contribution is 0.597. The van der Waals surface area contributed by atoms with Crippen molar-refractivity contribution in [3.05, 3.63) is 46.8 Å². The Morgan fingerprint density at radius 2 is 2.16 bits per heavy atom. The van der Waals surface area contributed by atoms with Gasteiger partial charge >= 0.3 is 0 Å². The molecule has 0 bridgehead atoms. The summed E-state index contributed by atoms with van der Waals surface area (Å²) >= 11 is 0. The summed E-state index contributed by atoms with van der Waals surface area (Å²) in [6.07, 6.45) is 5.77. The Balaban J connectivity index is 2.62. The molecule has 4 nitrogen and oxygen atoms in total. The number of hydrogen-bond acceptors (Lipinski definition) is 3. The van der Waals surface area contributed by atoms with Crippen LogP contribution in [-0.2, 0) is 13.5 Å². The van der Waals surface area contributed by atoms with Crippen LogP contribution in [0.3, 0.4) is 0 Å². The van der Waals surface area contributed by atoms with E-state index in [1.807, 2.05) is 27.1 Å². The van der Waals surface area contributed by atoms with Gasteiger partial charge in [-0.3, -0.25) is 14.7 Å². The molecule has 2 heterocycles. The summed E-state index contributed by atoms with van der Waals surface area (Å²) in [5.41, 5.74) is 3.17. The monoisotopic (exact) mass is 260 g/mol. The van der Waals surface area contributed by atoms with Gasteiger partial charge in [-0.15, -0.1) is 0 Å². The Labute approximate surface area is 112 Å². The molecule has 5 heteroatoms. The molecule has 2 aromatic rings. The maximum Gasteiger partial charge on any atom is 0.154 e. The van der Waals surface area contributed by atoms with Gasteiger partial charge in [-0.05, 0) is 18.9 Å². The van der Waals surface area contributed by atoms with E-state index in [1.54, 1.807) is 24.1 Å². The summed E-state index contributed by atoms with van der Waals surface area (Å²) in [6.45, 7) is 3.73. The lowest BCUT2D eigenvalue weighted by Gasteiger charge is -2.11. The second-order valence-corrected chi connectivity index (χ2v) is 4.41. The minimum Gasteiger partial charge on any atom is -0.287 e. The molecule has 0 aliphatic rings. The van der Waals surface area contributed by atoms with E-state index in [0.29, 0.717) is 23.4 Å². The topological polar surface area (TPSA) is 43.1 Å². The summed E-state index contributed by atoms with van der Waals surface area (Å²) in [6, 6.07) is 0. The van der Waals surface area contributed by atoms with Gasteiger partial charge in [0.2, 0.25) is 0 Å². The van der Waals surface area contributed by atoms with Gasteiger partial charge in [0.25, 0.3) is 0 Å². The molecule has 0 aliphatic heterocycles. The van der Waals surface area contributed by atoms with Crippen molar-refractivity contribution in [2.45, 2.75) is 20.3 Å². The van der Waals surface area contributed by atoms with Gasteiger partial charge in [-0.25, -0.2) is 4.39 Å². The molecule has 0 aliphatic carbocycles. The van der Waals surface area contributed by atoms with Crippen molar-refractivity contribution in [1.29, 1.82) is 0 Å². The van der Waals surface area contributed by atoms with E-state index in [2.05, 4.69) is 15.1 Å². The molecule has 0 fully saturated rings. The first-order chi connectivity index (χ1) is 9.08. The molecule has 0 spiro atoms. The van der Waals surface area contributed by atoms with Crippen LogP contribution in [0.25, 0.3) is 0 Å². The summed E-state index contributed by atoms with van der Waals surface area (Å²) in [5, 5.41) is 4.11. The lowest BCUT2D eigenvalue weighted by atomic mass is 9.99. The fraction of sp³-hybridized carbons (Fsp3) is 0.357. The normalized spacial score (nSPS) is 11.9. The van der Waals surface area contributed by atoms with E-state index >= 15 is 0 Å². The van der Waals surface area contributed by atoms with Crippen LogP contribution in [0.4, 0.5) is 4.39 Å². The molecule has 0 radical (unpaired) electrons. The molecule has 0 unspecified atom stereocenters. The summed E-state index contributed by atoms with van der Waals surface area (Å²) in [5.74, 6) is -0.285. The van der Waals surface area contributed by atoms with Crippen molar-refractivity contribution < 1.29 is 4.39 Å². The third-order valence-electron chi connectivity index (χ3n) is 3.05. The molecule has 2 rings (SSSR count). The molecule has 100 valence electrons. The Morgan fingerprint density at radius 1 is 1.42 bits per heavy atom. The van der Waals surface area contributed by atoms with Gasteiger partial charge in [0.05, 0.1) is 17.6 Å². The van der Waals surface area contributed by atoms with Gasteiger partial charge in [0.1, 0.15) is 0 Å². The molecule has 0 aromatic carbocycles. The van der Waals surface area contributed by atoms with E-state index < -0.39 is 0 Å². The van der Waals surface area contributed by atoms with Crippen LogP contribution in [0.5, 0.6) is 0 Å². The van der Waals surface area contributed by atoms with E-state index in [9.17, 15) is 4.39 Å². The van der Waals surface area contributed by atoms with Gasteiger partial charge in [-0.1, -0.05) is 6.92 Å². The van der Waals surface area contributed by atoms with E-state index in [4.69, 9.17) is 0 Å². The smallest absolute Gasteiger partial charge is 0.154 e. The Bertz CT molecular complexity index is 628. The average molecular weight is 260 g/mol. The van der Waals surface area contributed by atoms with Gasteiger partial charge in [0, 0.05) is 37.6 Å². The maximum atomic E-state index is 14.5. The van der Waals surface area contributed by atoms with Crippen molar-refractivity contribution >= 4 is 5.71 Å². The van der Waals surface area contributed by atoms with E-state index in [-0.39, 0.29) is 5.82 Å².